The van der Waals surface area contributed by atoms with E-state index in [2.05, 4.69) is 10.3 Å². The van der Waals surface area contributed by atoms with Crippen molar-refractivity contribution in [2.45, 2.75) is 13.1 Å². The summed E-state index contributed by atoms with van der Waals surface area (Å²) in [4.78, 5) is 19.2. The first-order chi connectivity index (χ1) is 12.7. The number of benzene rings is 2. The number of aromatic nitrogens is 1. The highest BCUT2D eigenvalue weighted by Crippen LogP contribution is 2.37. The molecular weight excluding hydrogens is 326 g/mol. The minimum absolute atomic E-state index is 0.0580. The smallest absolute Gasteiger partial charge is 0.262 e. The maximum Gasteiger partial charge on any atom is 0.262 e. The fourth-order valence-electron chi connectivity index (χ4n) is 3.16. The number of carbonyl (C=O) groups is 1. The average molecular weight is 345 g/mol. The minimum atomic E-state index is -0.381. The molecule has 5 heteroatoms. The number of anilines is 2. The highest BCUT2D eigenvalue weighted by atomic mass is 16.5. The molecule has 4 rings (SSSR count). The van der Waals surface area contributed by atoms with Crippen LogP contribution in [0.4, 0.5) is 11.4 Å². The van der Waals surface area contributed by atoms with Gasteiger partial charge in [0, 0.05) is 23.6 Å². The van der Waals surface area contributed by atoms with E-state index in [1.807, 2.05) is 61.5 Å². The summed E-state index contributed by atoms with van der Waals surface area (Å²) in [5, 5.41) is 3.43. The summed E-state index contributed by atoms with van der Waals surface area (Å²) in [6.45, 7) is 2.03. The molecule has 1 N–H and O–H groups in total. The molecule has 2 aromatic carbocycles. The van der Waals surface area contributed by atoms with Crippen LogP contribution in [0.2, 0.25) is 0 Å². The van der Waals surface area contributed by atoms with Crippen molar-refractivity contribution in [3.05, 3.63) is 83.7 Å². The van der Waals surface area contributed by atoms with E-state index in [9.17, 15) is 4.79 Å². The van der Waals surface area contributed by atoms with E-state index in [0.717, 1.165) is 28.4 Å². The van der Waals surface area contributed by atoms with Gasteiger partial charge in [-0.1, -0.05) is 23.8 Å². The SMILES string of the molecule is COc1cccc(N[C@H]2c3ncccc3C(=O)N2c2ccc(C)cc2)c1. The second kappa shape index (κ2) is 6.52. The maximum atomic E-state index is 13.0. The van der Waals surface area contributed by atoms with Gasteiger partial charge in [0.1, 0.15) is 5.75 Å². The molecular formula is C21H19N3O2. The van der Waals surface area contributed by atoms with Gasteiger partial charge in [-0.3, -0.25) is 14.7 Å². The van der Waals surface area contributed by atoms with Gasteiger partial charge in [-0.15, -0.1) is 0 Å². The van der Waals surface area contributed by atoms with Gasteiger partial charge in [-0.25, -0.2) is 0 Å². The number of amides is 1. The van der Waals surface area contributed by atoms with Crippen LogP contribution in [-0.4, -0.2) is 18.0 Å². The van der Waals surface area contributed by atoms with Gasteiger partial charge in [0.25, 0.3) is 5.91 Å². The molecule has 2 heterocycles. The summed E-state index contributed by atoms with van der Waals surface area (Å²) in [6, 6.07) is 19.2. The number of hydrogen-bond acceptors (Lipinski definition) is 4. The van der Waals surface area contributed by atoms with Crippen LogP contribution in [0, 0.1) is 6.92 Å². The Bertz CT molecular complexity index is 953. The lowest BCUT2D eigenvalue weighted by Crippen LogP contribution is -2.32. The lowest BCUT2D eigenvalue weighted by Gasteiger charge is -2.26. The predicted molar refractivity (Wildman–Crippen MR) is 102 cm³/mol. The molecule has 1 atom stereocenters. The van der Waals surface area contributed by atoms with Crippen molar-refractivity contribution in [1.82, 2.24) is 4.98 Å². The lowest BCUT2D eigenvalue weighted by molar-refractivity contribution is 0.0993. The van der Waals surface area contributed by atoms with Crippen LogP contribution >= 0.6 is 0 Å². The van der Waals surface area contributed by atoms with Crippen LogP contribution in [0.25, 0.3) is 0 Å². The molecule has 1 aromatic heterocycles. The molecule has 0 spiro atoms. The number of nitrogens with zero attached hydrogens (tertiary/aromatic N) is 2. The number of methoxy groups -OCH3 is 1. The van der Waals surface area contributed by atoms with Gasteiger partial charge in [0.15, 0.2) is 6.17 Å². The molecule has 0 radical (unpaired) electrons. The van der Waals surface area contributed by atoms with Gasteiger partial charge in [0.05, 0.1) is 18.4 Å². The first-order valence-corrected chi connectivity index (χ1v) is 8.43. The summed E-state index contributed by atoms with van der Waals surface area (Å²) >= 11 is 0. The van der Waals surface area contributed by atoms with E-state index < -0.39 is 0 Å². The van der Waals surface area contributed by atoms with Gasteiger partial charge in [-0.05, 0) is 43.3 Å². The zero-order valence-electron chi connectivity index (χ0n) is 14.6. The number of hydrogen-bond donors (Lipinski definition) is 1. The Morgan fingerprint density at radius 2 is 1.88 bits per heavy atom. The Kier molecular flexibility index (Phi) is 4.05. The third kappa shape index (κ3) is 2.77. The van der Waals surface area contributed by atoms with Crippen molar-refractivity contribution in [2.75, 3.05) is 17.3 Å². The number of aryl methyl sites for hydroxylation is 1. The van der Waals surface area contributed by atoms with E-state index in [-0.39, 0.29) is 12.1 Å². The number of ether oxygens (including phenoxy) is 1. The Morgan fingerprint density at radius 1 is 1.08 bits per heavy atom. The average Bonchev–Trinajstić information content (AvgIpc) is 2.95. The van der Waals surface area contributed by atoms with Crippen LogP contribution in [0.1, 0.15) is 27.8 Å². The van der Waals surface area contributed by atoms with E-state index in [0.29, 0.717) is 5.56 Å². The summed E-state index contributed by atoms with van der Waals surface area (Å²) < 4.78 is 5.30. The van der Waals surface area contributed by atoms with Crippen LogP contribution < -0.4 is 15.0 Å². The van der Waals surface area contributed by atoms with Crippen LogP contribution in [0.3, 0.4) is 0 Å². The summed E-state index contributed by atoms with van der Waals surface area (Å²) in [7, 11) is 1.63. The Labute approximate surface area is 152 Å². The van der Waals surface area contributed by atoms with E-state index in [4.69, 9.17) is 4.74 Å². The fourth-order valence-corrected chi connectivity index (χ4v) is 3.16. The summed E-state index contributed by atoms with van der Waals surface area (Å²) in [5.74, 6) is 0.694. The quantitative estimate of drug-likeness (QED) is 0.771. The molecule has 0 saturated carbocycles. The normalized spacial score (nSPS) is 15.7. The lowest BCUT2D eigenvalue weighted by atomic mass is 10.2. The van der Waals surface area contributed by atoms with Crippen LogP contribution in [0.15, 0.2) is 66.9 Å². The van der Waals surface area contributed by atoms with Crippen molar-refractivity contribution in [1.29, 1.82) is 0 Å². The number of fused-ring (bicyclic) bond motifs is 1. The second-order valence-corrected chi connectivity index (χ2v) is 6.23. The third-order valence-electron chi connectivity index (χ3n) is 4.49. The molecule has 0 aliphatic carbocycles. The van der Waals surface area contributed by atoms with Crippen molar-refractivity contribution in [3.8, 4) is 5.75 Å². The molecule has 26 heavy (non-hydrogen) atoms. The Balaban J connectivity index is 1.76. The molecule has 0 fully saturated rings. The maximum absolute atomic E-state index is 13.0. The van der Waals surface area contributed by atoms with Gasteiger partial charge in [-0.2, -0.15) is 0 Å². The van der Waals surface area contributed by atoms with E-state index in [1.54, 1.807) is 24.3 Å². The third-order valence-corrected chi connectivity index (χ3v) is 4.49. The van der Waals surface area contributed by atoms with Crippen molar-refractivity contribution < 1.29 is 9.53 Å². The summed E-state index contributed by atoms with van der Waals surface area (Å²) in [5.41, 5.74) is 4.18. The molecule has 0 saturated heterocycles. The first-order valence-electron chi connectivity index (χ1n) is 8.43. The molecule has 5 nitrogen and oxygen atoms in total. The van der Waals surface area contributed by atoms with Crippen molar-refractivity contribution in [3.63, 3.8) is 0 Å². The Hall–Kier alpha value is -3.34. The number of pyridine rings is 1. The largest absolute Gasteiger partial charge is 0.497 e. The predicted octanol–water partition coefficient (Wildman–Crippen LogP) is 4.17. The fraction of sp³-hybridized carbons (Fsp3) is 0.143. The molecule has 1 aliphatic heterocycles. The van der Waals surface area contributed by atoms with E-state index >= 15 is 0 Å². The zero-order chi connectivity index (χ0) is 18.1. The highest BCUT2D eigenvalue weighted by molar-refractivity contribution is 6.11. The molecule has 1 amide bonds. The monoisotopic (exact) mass is 345 g/mol. The van der Waals surface area contributed by atoms with Crippen molar-refractivity contribution in [2.24, 2.45) is 0 Å². The number of carbonyl (C=O) groups excluding carboxylic acids is 1. The van der Waals surface area contributed by atoms with Gasteiger partial charge >= 0.3 is 0 Å². The first kappa shape index (κ1) is 16.1. The second-order valence-electron chi connectivity index (χ2n) is 6.23. The molecule has 1 aliphatic rings. The zero-order valence-corrected chi connectivity index (χ0v) is 14.6. The topological polar surface area (TPSA) is 54.5 Å². The van der Waals surface area contributed by atoms with Crippen LogP contribution in [0.5, 0.6) is 5.75 Å². The molecule has 130 valence electrons. The van der Waals surface area contributed by atoms with Gasteiger partial charge in [0.2, 0.25) is 0 Å². The standard InChI is InChI=1S/C21H19N3O2/c1-14-8-10-16(11-9-14)24-20(19-18(21(24)25)7-4-12-22-19)23-15-5-3-6-17(13-15)26-2/h3-13,20,23H,1-2H3/t20-/m1/s1. The number of nitrogens with one attached hydrogen (secondary N) is 1. The molecule has 0 unspecified atom stereocenters. The molecule has 3 aromatic rings. The van der Waals surface area contributed by atoms with Gasteiger partial charge < -0.3 is 10.1 Å². The Morgan fingerprint density at radius 3 is 2.65 bits per heavy atom. The van der Waals surface area contributed by atoms with Crippen molar-refractivity contribution >= 4 is 17.3 Å². The van der Waals surface area contributed by atoms with Crippen LogP contribution in [-0.2, 0) is 0 Å². The number of rotatable bonds is 4. The highest BCUT2D eigenvalue weighted by Gasteiger charge is 2.38. The summed E-state index contributed by atoms with van der Waals surface area (Å²) in [6.07, 6.45) is 1.33. The minimum Gasteiger partial charge on any atom is -0.497 e. The molecule has 0 bridgehead atoms. The van der Waals surface area contributed by atoms with E-state index in [1.165, 1.54) is 0 Å².